The zero-order valence-corrected chi connectivity index (χ0v) is 12.7. The number of benzene rings is 2. The maximum atomic E-state index is 11.1. The van der Waals surface area contributed by atoms with Crippen molar-refractivity contribution in [2.45, 2.75) is 4.90 Å². The van der Waals surface area contributed by atoms with E-state index < -0.39 is 10.1 Å². The summed E-state index contributed by atoms with van der Waals surface area (Å²) in [7, 11) is -4.25. The minimum atomic E-state index is -4.25. The van der Waals surface area contributed by atoms with Crippen LogP contribution in [0.2, 0.25) is 10.0 Å². The summed E-state index contributed by atoms with van der Waals surface area (Å²) in [4.78, 5) is 7.13. The summed E-state index contributed by atoms with van der Waals surface area (Å²) in [6.45, 7) is 0. The summed E-state index contributed by atoms with van der Waals surface area (Å²) in [6.07, 6.45) is 0. The van der Waals surface area contributed by atoms with Crippen molar-refractivity contribution in [3.8, 4) is 11.4 Å². The van der Waals surface area contributed by atoms with Gasteiger partial charge in [0.2, 0.25) is 0 Å². The third-order valence-corrected chi connectivity index (χ3v) is 4.53. The van der Waals surface area contributed by atoms with Gasteiger partial charge in [0.25, 0.3) is 10.1 Å². The monoisotopic (exact) mass is 342 g/mol. The minimum absolute atomic E-state index is 0.195. The topological polar surface area (TPSA) is 83.1 Å². The van der Waals surface area contributed by atoms with Crippen molar-refractivity contribution >= 4 is 44.4 Å². The van der Waals surface area contributed by atoms with Crippen LogP contribution in [0.5, 0.6) is 0 Å². The van der Waals surface area contributed by atoms with Gasteiger partial charge in [-0.2, -0.15) is 8.42 Å². The number of rotatable bonds is 2. The van der Waals surface area contributed by atoms with Gasteiger partial charge in [-0.05, 0) is 36.4 Å². The SMILES string of the molecule is O=S(=O)(O)c1ccc2nc(-c3ccc(Cl)c(Cl)c3)[nH]c2c1. The molecule has 0 saturated heterocycles. The zero-order chi connectivity index (χ0) is 15.2. The van der Waals surface area contributed by atoms with Gasteiger partial charge in [0.1, 0.15) is 5.82 Å². The smallest absolute Gasteiger partial charge is 0.294 e. The molecule has 8 heteroatoms. The van der Waals surface area contributed by atoms with Crippen LogP contribution in [-0.2, 0) is 10.1 Å². The lowest BCUT2D eigenvalue weighted by Gasteiger charge is -1.99. The Kier molecular flexibility index (Phi) is 3.41. The highest BCUT2D eigenvalue weighted by Crippen LogP contribution is 2.28. The van der Waals surface area contributed by atoms with Gasteiger partial charge < -0.3 is 4.98 Å². The number of imidazole rings is 1. The van der Waals surface area contributed by atoms with E-state index in [0.717, 1.165) is 0 Å². The number of nitrogens with zero attached hydrogens (tertiary/aromatic N) is 1. The Morgan fingerprint density at radius 3 is 2.48 bits per heavy atom. The minimum Gasteiger partial charge on any atom is -0.338 e. The largest absolute Gasteiger partial charge is 0.338 e. The molecule has 1 heterocycles. The highest BCUT2D eigenvalue weighted by molar-refractivity contribution is 7.85. The fourth-order valence-corrected chi connectivity index (χ4v) is 2.73. The zero-order valence-electron chi connectivity index (χ0n) is 10.3. The molecule has 0 aliphatic heterocycles. The third kappa shape index (κ3) is 2.75. The van der Waals surface area contributed by atoms with Crippen LogP contribution in [0.25, 0.3) is 22.4 Å². The van der Waals surface area contributed by atoms with Crippen LogP contribution in [0.1, 0.15) is 0 Å². The molecule has 3 rings (SSSR count). The molecule has 5 nitrogen and oxygen atoms in total. The van der Waals surface area contributed by atoms with Crippen molar-refractivity contribution in [2.24, 2.45) is 0 Å². The average molecular weight is 343 g/mol. The first kappa shape index (κ1) is 14.3. The van der Waals surface area contributed by atoms with Crippen LogP contribution in [0.3, 0.4) is 0 Å². The maximum Gasteiger partial charge on any atom is 0.294 e. The fourth-order valence-electron chi connectivity index (χ4n) is 1.93. The Morgan fingerprint density at radius 1 is 1.05 bits per heavy atom. The molecule has 0 fully saturated rings. The van der Waals surface area contributed by atoms with E-state index in [-0.39, 0.29) is 4.90 Å². The van der Waals surface area contributed by atoms with Crippen LogP contribution in [0, 0.1) is 0 Å². The summed E-state index contributed by atoms with van der Waals surface area (Å²) in [5.74, 6) is 0.524. The number of halogens is 2. The summed E-state index contributed by atoms with van der Waals surface area (Å²) in [5, 5.41) is 0.832. The second kappa shape index (κ2) is 4.99. The normalized spacial score (nSPS) is 12.0. The van der Waals surface area contributed by atoms with Crippen LogP contribution in [-0.4, -0.2) is 22.9 Å². The second-order valence-corrected chi connectivity index (χ2v) is 6.60. The van der Waals surface area contributed by atoms with E-state index in [4.69, 9.17) is 27.8 Å². The van der Waals surface area contributed by atoms with Crippen molar-refractivity contribution in [1.82, 2.24) is 9.97 Å². The van der Waals surface area contributed by atoms with Crippen LogP contribution < -0.4 is 0 Å². The van der Waals surface area contributed by atoms with Gasteiger partial charge in [-0.25, -0.2) is 4.98 Å². The summed E-state index contributed by atoms with van der Waals surface area (Å²) < 4.78 is 31.3. The van der Waals surface area contributed by atoms with E-state index in [0.29, 0.717) is 32.5 Å². The molecular formula is C13H8Cl2N2O3S. The quantitative estimate of drug-likeness (QED) is 0.694. The molecule has 1 aromatic heterocycles. The van der Waals surface area contributed by atoms with E-state index in [1.54, 1.807) is 18.2 Å². The van der Waals surface area contributed by atoms with Crippen LogP contribution in [0.15, 0.2) is 41.3 Å². The van der Waals surface area contributed by atoms with Crippen molar-refractivity contribution in [1.29, 1.82) is 0 Å². The average Bonchev–Trinajstić information content (AvgIpc) is 2.83. The fraction of sp³-hybridized carbons (Fsp3) is 0. The lowest BCUT2D eigenvalue weighted by Crippen LogP contribution is -1.97. The Balaban J connectivity index is 2.14. The molecule has 0 amide bonds. The predicted molar refractivity (Wildman–Crippen MR) is 81.4 cm³/mol. The van der Waals surface area contributed by atoms with Crippen molar-refractivity contribution in [3.05, 3.63) is 46.4 Å². The molecule has 3 aromatic rings. The second-order valence-electron chi connectivity index (χ2n) is 4.37. The molecule has 0 aliphatic carbocycles. The molecule has 0 spiro atoms. The number of hydrogen-bond acceptors (Lipinski definition) is 3. The van der Waals surface area contributed by atoms with E-state index in [2.05, 4.69) is 9.97 Å². The van der Waals surface area contributed by atoms with E-state index in [9.17, 15) is 8.42 Å². The van der Waals surface area contributed by atoms with Crippen molar-refractivity contribution in [2.75, 3.05) is 0 Å². The molecule has 2 aromatic carbocycles. The van der Waals surface area contributed by atoms with Crippen molar-refractivity contribution in [3.63, 3.8) is 0 Å². The first-order valence-electron chi connectivity index (χ1n) is 5.77. The standard InChI is InChI=1S/C13H8Cl2N2O3S/c14-9-3-1-7(5-10(9)15)13-16-11-4-2-8(21(18,19)20)6-12(11)17-13/h1-6H,(H,16,17)(H,18,19,20). The van der Waals surface area contributed by atoms with Gasteiger partial charge in [-0.15, -0.1) is 0 Å². The Labute approximate surface area is 130 Å². The Hall–Kier alpha value is -1.60. The Bertz CT molecular complexity index is 951. The third-order valence-electron chi connectivity index (χ3n) is 2.94. The van der Waals surface area contributed by atoms with Gasteiger partial charge in [-0.1, -0.05) is 23.2 Å². The number of fused-ring (bicyclic) bond motifs is 1. The molecule has 108 valence electrons. The molecule has 0 aliphatic rings. The van der Waals surface area contributed by atoms with Crippen molar-refractivity contribution < 1.29 is 13.0 Å². The highest BCUT2D eigenvalue weighted by Gasteiger charge is 2.13. The molecule has 0 bridgehead atoms. The summed E-state index contributed by atoms with van der Waals surface area (Å²) in [5.41, 5.74) is 1.78. The molecular weight excluding hydrogens is 335 g/mol. The number of nitrogens with one attached hydrogen (secondary N) is 1. The van der Waals surface area contributed by atoms with E-state index >= 15 is 0 Å². The molecule has 0 saturated carbocycles. The number of aromatic amines is 1. The molecule has 21 heavy (non-hydrogen) atoms. The van der Waals surface area contributed by atoms with Gasteiger partial charge in [0, 0.05) is 5.56 Å². The highest BCUT2D eigenvalue weighted by atomic mass is 35.5. The van der Waals surface area contributed by atoms with Gasteiger partial charge in [0.15, 0.2) is 0 Å². The van der Waals surface area contributed by atoms with Crippen LogP contribution in [0.4, 0.5) is 0 Å². The van der Waals surface area contributed by atoms with Gasteiger partial charge >= 0.3 is 0 Å². The number of aromatic nitrogens is 2. The number of hydrogen-bond donors (Lipinski definition) is 2. The predicted octanol–water partition coefficient (Wildman–Crippen LogP) is 3.78. The first-order chi connectivity index (χ1) is 9.84. The molecule has 2 N–H and O–H groups in total. The lowest BCUT2D eigenvalue weighted by molar-refractivity contribution is 0.483. The summed E-state index contributed by atoms with van der Waals surface area (Å²) >= 11 is 11.8. The first-order valence-corrected chi connectivity index (χ1v) is 7.97. The van der Waals surface area contributed by atoms with Gasteiger partial charge in [0.05, 0.1) is 26.0 Å². The molecule has 0 radical (unpaired) electrons. The maximum absolute atomic E-state index is 11.1. The van der Waals surface area contributed by atoms with E-state index in [1.807, 2.05) is 0 Å². The molecule has 0 atom stereocenters. The van der Waals surface area contributed by atoms with E-state index in [1.165, 1.54) is 18.2 Å². The lowest BCUT2D eigenvalue weighted by atomic mass is 10.2. The van der Waals surface area contributed by atoms with Gasteiger partial charge in [-0.3, -0.25) is 4.55 Å². The van der Waals surface area contributed by atoms with Crippen LogP contribution >= 0.6 is 23.2 Å². The Morgan fingerprint density at radius 2 is 1.81 bits per heavy atom. The number of H-pyrrole nitrogens is 1. The molecule has 0 unspecified atom stereocenters. The summed E-state index contributed by atoms with van der Waals surface area (Å²) in [6, 6.07) is 9.17.